The Morgan fingerprint density at radius 2 is 1.00 bits per heavy atom. The standard InChI is InChI=1S/C43H50N2S/c1-40(2,3)30-13-14-37-35(23-30)36-25-33(43(10,11)12)24-34(38(36)45-37)28-17-26(19-31(21-28)41(4,5)6)27-18-29(39-44-15-16-46-39)22-32(20-27)42(7,8)9/h13-25,45H,1-12H3. The maximum Gasteiger partial charge on any atom is 0.123 e. The topological polar surface area (TPSA) is 28.7 Å². The number of rotatable bonds is 3. The largest absolute Gasteiger partial charge is 0.354 e. The van der Waals surface area contributed by atoms with Gasteiger partial charge in [0, 0.05) is 39.0 Å². The minimum atomic E-state index is -0.0205. The van der Waals surface area contributed by atoms with Gasteiger partial charge < -0.3 is 4.98 Å². The fourth-order valence-corrected chi connectivity index (χ4v) is 6.85. The Hall–Kier alpha value is -3.69. The molecule has 4 aromatic carbocycles. The molecule has 238 valence electrons. The molecule has 6 aromatic rings. The van der Waals surface area contributed by atoms with E-state index in [2.05, 4.69) is 165 Å². The molecule has 0 bridgehead atoms. The maximum atomic E-state index is 4.69. The summed E-state index contributed by atoms with van der Waals surface area (Å²) in [4.78, 5) is 8.56. The van der Waals surface area contributed by atoms with Crippen LogP contribution in [-0.4, -0.2) is 9.97 Å². The molecular weight excluding hydrogens is 577 g/mol. The van der Waals surface area contributed by atoms with Crippen LogP contribution in [0.25, 0.3) is 54.6 Å². The number of H-pyrrole nitrogens is 1. The summed E-state index contributed by atoms with van der Waals surface area (Å²) in [6.07, 6.45) is 1.90. The molecule has 0 radical (unpaired) electrons. The molecule has 6 rings (SSSR count). The van der Waals surface area contributed by atoms with Gasteiger partial charge in [0.05, 0.1) is 5.52 Å². The third-order valence-corrected chi connectivity index (χ3v) is 10.2. The Balaban J connectivity index is 1.67. The highest BCUT2D eigenvalue weighted by atomic mass is 32.1. The van der Waals surface area contributed by atoms with E-state index in [4.69, 9.17) is 0 Å². The molecule has 0 atom stereocenters. The predicted molar refractivity (Wildman–Crippen MR) is 203 cm³/mol. The van der Waals surface area contributed by atoms with Crippen LogP contribution in [0.2, 0.25) is 0 Å². The van der Waals surface area contributed by atoms with Crippen LogP contribution in [0.1, 0.15) is 105 Å². The van der Waals surface area contributed by atoms with Gasteiger partial charge in [0.2, 0.25) is 0 Å². The highest BCUT2D eigenvalue weighted by Gasteiger charge is 2.24. The summed E-state index contributed by atoms with van der Waals surface area (Å²) in [5.41, 5.74) is 14.0. The van der Waals surface area contributed by atoms with Crippen molar-refractivity contribution in [2.45, 2.75) is 105 Å². The van der Waals surface area contributed by atoms with Gasteiger partial charge >= 0.3 is 0 Å². The monoisotopic (exact) mass is 626 g/mol. The quantitative estimate of drug-likeness (QED) is 0.208. The van der Waals surface area contributed by atoms with E-state index in [0.29, 0.717) is 0 Å². The molecule has 46 heavy (non-hydrogen) atoms. The predicted octanol–water partition coefficient (Wildman–Crippen LogP) is 13.0. The molecule has 0 unspecified atom stereocenters. The van der Waals surface area contributed by atoms with E-state index >= 15 is 0 Å². The van der Waals surface area contributed by atoms with Gasteiger partial charge in [-0.05, 0) is 103 Å². The van der Waals surface area contributed by atoms with Gasteiger partial charge in [0.1, 0.15) is 5.01 Å². The van der Waals surface area contributed by atoms with Crippen LogP contribution in [0.4, 0.5) is 0 Å². The molecular formula is C43H50N2S. The first-order valence-corrected chi connectivity index (χ1v) is 17.5. The van der Waals surface area contributed by atoms with Crippen LogP contribution >= 0.6 is 11.3 Å². The number of hydrogen-bond donors (Lipinski definition) is 1. The number of nitrogens with zero attached hydrogens (tertiary/aromatic N) is 1. The van der Waals surface area contributed by atoms with E-state index in [-0.39, 0.29) is 21.7 Å². The third kappa shape index (κ3) is 6.19. The number of fused-ring (bicyclic) bond motifs is 3. The number of aromatic nitrogens is 2. The lowest BCUT2D eigenvalue weighted by atomic mass is 9.80. The molecule has 1 N–H and O–H groups in total. The number of thiazole rings is 1. The second kappa shape index (κ2) is 10.9. The Bertz CT molecular complexity index is 2060. The van der Waals surface area contributed by atoms with Crippen molar-refractivity contribution < 1.29 is 0 Å². The Morgan fingerprint density at radius 3 is 1.54 bits per heavy atom. The summed E-state index contributed by atoms with van der Waals surface area (Å²) in [5.74, 6) is 0. The van der Waals surface area contributed by atoms with E-state index in [1.807, 2.05) is 6.20 Å². The summed E-state index contributed by atoms with van der Waals surface area (Å²) in [7, 11) is 0. The second-order valence-corrected chi connectivity index (χ2v) is 18.2. The molecule has 3 heteroatoms. The van der Waals surface area contributed by atoms with E-state index < -0.39 is 0 Å². The van der Waals surface area contributed by atoms with E-state index in [9.17, 15) is 0 Å². The van der Waals surface area contributed by atoms with Crippen molar-refractivity contribution in [2.24, 2.45) is 0 Å². The molecule has 0 saturated heterocycles. The lowest BCUT2D eigenvalue weighted by molar-refractivity contribution is 0.589. The van der Waals surface area contributed by atoms with Gasteiger partial charge in [-0.1, -0.05) is 107 Å². The number of benzene rings is 4. The summed E-state index contributed by atoms with van der Waals surface area (Å²) in [6, 6.07) is 26.1. The zero-order valence-electron chi connectivity index (χ0n) is 29.9. The van der Waals surface area contributed by atoms with Crippen LogP contribution in [0.5, 0.6) is 0 Å². The fourth-order valence-electron chi connectivity index (χ4n) is 6.23. The zero-order valence-corrected chi connectivity index (χ0v) is 30.7. The van der Waals surface area contributed by atoms with Crippen molar-refractivity contribution in [3.63, 3.8) is 0 Å². The van der Waals surface area contributed by atoms with Crippen molar-refractivity contribution in [2.75, 3.05) is 0 Å². The van der Waals surface area contributed by atoms with Crippen LogP contribution in [0.3, 0.4) is 0 Å². The molecule has 0 fully saturated rings. The minimum absolute atomic E-state index is 0.00227. The fraction of sp³-hybridized carbons (Fsp3) is 0.372. The molecule has 2 nitrogen and oxygen atoms in total. The van der Waals surface area contributed by atoms with Crippen molar-refractivity contribution in [1.29, 1.82) is 0 Å². The highest BCUT2D eigenvalue weighted by molar-refractivity contribution is 7.13. The zero-order chi connectivity index (χ0) is 33.4. The molecule has 0 amide bonds. The van der Waals surface area contributed by atoms with Crippen molar-refractivity contribution in [3.8, 4) is 32.8 Å². The van der Waals surface area contributed by atoms with Gasteiger partial charge in [0.25, 0.3) is 0 Å². The second-order valence-electron chi connectivity index (χ2n) is 17.3. The Morgan fingerprint density at radius 1 is 0.500 bits per heavy atom. The summed E-state index contributed by atoms with van der Waals surface area (Å²) >= 11 is 1.70. The van der Waals surface area contributed by atoms with Gasteiger partial charge in [-0.15, -0.1) is 11.3 Å². The lowest BCUT2D eigenvalue weighted by Gasteiger charge is -2.25. The van der Waals surface area contributed by atoms with Gasteiger partial charge in [0.15, 0.2) is 0 Å². The average molecular weight is 627 g/mol. The summed E-state index contributed by atoms with van der Waals surface area (Å²) < 4.78 is 0. The first-order chi connectivity index (χ1) is 21.3. The van der Waals surface area contributed by atoms with Gasteiger partial charge in [-0.2, -0.15) is 0 Å². The van der Waals surface area contributed by atoms with Gasteiger partial charge in [-0.25, -0.2) is 4.98 Å². The SMILES string of the molecule is CC(C)(C)c1cc(-c2cc(-c3cc(C(C)(C)C)cc4c3[nH]c3ccc(C(C)(C)C)cc34)cc(C(C)(C)C)c2)cc(-c2nccs2)c1. The molecule has 2 heterocycles. The van der Waals surface area contributed by atoms with Crippen molar-refractivity contribution in [3.05, 3.63) is 101 Å². The van der Waals surface area contributed by atoms with E-state index in [1.165, 1.54) is 71.9 Å². The molecule has 0 aliphatic rings. The number of nitrogens with one attached hydrogen (secondary N) is 1. The van der Waals surface area contributed by atoms with Crippen LogP contribution in [-0.2, 0) is 21.7 Å². The first-order valence-electron chi connectivity index (χ1n) is 16.6. The first kappa shape index (κ1) is 32.3. The minimum Gasteiger partial charge on any atom is -0.354 e. The number of aromatic amines is 1. The molecule has 0 saturated carbocycles. The third-order valence-electron chi connectivity index (χ3n) is 9.36. The Kier molecular flexibility index (Phi) is 7.68. The van der Waals surface area contributed by atoms with E-state index in [1.54, 1.807) is 11.3 Å². The van der Waals surface area contributed by atoms with Crippen LogP contribution < -0.4 is 0 Å². The Labute approximate surface area is 280 Å². The molecule has 0 spiro atoms. The van der Waals surface area contributed by atoms with Crippen molar-refractivity contribution >= 4 is 33.1 Å². The summed E-state index contributed by atoms with van der Waals surface area (Å²) in [5, 5.41) is 5.72. The van der Waals surface area contributed by atoms with Crippen LogP contribution in [0.15, 0.2) is 78.3 Å². The smallest absolute Gasteiger partial charge is 0.123 e. The molecule has 2 aromatic heterocycles. The maximum absolute atomic E-state index is 4.69. The van der Waals surface area contributed by atoms with Crippen LogP contribution in [0, 0.1) is 0 Å². The normalized spacial score (nSPS) is 13.2. The molecule has 0 aliphatic carbocycles. The van der Waals surface area contributed by atoms with Crippen molar-refractivity contribution in [1.82, 2.24) is 9.97 Å². The van der Waals surface area contributed by atoms with Gasteiger partial charge in [-0.3, -0.25) is 0 Å². The molecule has 0 aliphatic heterocycles. The van der Waals surface area contributed by atoms with E-state index in [0.717, 1.165) is 5.01 Å². The lowest BCUT2D eigenvalue weighted by Crippen LogP contribution is -2.13. The average Bonchev–Trinajstić information content (AvgIpc) is 3.62. The number of hydrogen-bond acceptors (Lipinski definition) is 2. The summed E-state index contributed by atoms with van der Waals surface area (Å²) in [6.45, 7) is 27.7. The highest BCUT2D eigenvalue weighted by Crippen LogP contribution is 2.42.